The van der Waals surface area contributed by atoms with Crippen LogP contribution >= 0.6 is 0 Å². The summed E-state index contributed by atoms with van der Waals surface area (Å²) in [6.07, 6.45) is 5.03. The van der Waals surface area contributed by atoms with Crippen LogP contribution in [0, 0.1) is 0 Å². The number of carbonyl (C=O) groups excluding carboxylic acids is 1. The van der Waals surface area contributed by atoms with E-state index in [9.17, 15) is 4.79 Å². The number of carbonyl (C=O) groups is 1. The molecule has 9 nitrogen and oxygen atoms in total. The fraction of sp³-hybridized carbons (Fsp3) is 0.143. The molecule has 2 aromatic carbocycles. The van der Waals surface area contributed by atoms with E-state index in [1.807, 2.05) is 22.8 Å². The van der Waals surface area contributed by atoms with Gasteiger partial charge in [0.25, 0.3) is 5.91 Å². The van der Waals surface area contributed by atoms with Gasteiger partial charge in [-0.05, 0) is 42.0 Å². The second-order valence-corrected chi connectivity index (χ2v) is 6.55. The molecule has 152 valence electrons. The van der Waals surface area contributed by atoms with Crippen LogP contribution in [0.4, 0.5) is 11.6 Å². The van der Waals surface area contributed by atoms with Crippen molar-refractivity contribution in [3.05, 3.63) is 66.7 Å². The van der Waals surface area contributed by atoms with Gasteiger partial charge in [-0.1, -0.05) is 6.07 Å². The first-order valence-electron chi connectivity index (χ1n) is 9.25. The average Bonchev–Trinajstić information content (AvgIpc) is 3.14. The maximum Gasteiger partial charge on any atom is 0.274 e. The van der Waals surface area contributed by atoms with E-state index in [0.717, 1.165) is 27.8 Å². The van der Waals surface area contributed by atoms with E-state index in [4.69, 9.17) is 14.9 Å². The highest BCUT2D eigenvalue weighted by atomic mass is 16.5. The lowest BCUT2D eigenvalue weighted by atomic mass is 10.1. The molecule has 0 atom stereocenters. The van der Waals surface area contributed by atoms with Gasteiger partial charge in [-0.25, -0.2) is 20.4 Å². The van der Waals surface area contributed by atoms with Gasteiger partial charge < -0.3 is 14.6 Å². The molecule has 9 heteroatoms. The van der Waals surface area contributed by atoms with Gasteiger partial charge in [0, 0.05) is 42.9 Å². The van der Waals surface area contributed by atoms with E-state index in [1.165, 1.54) is 6.33 Å². The van der Waals surface area contributed by atoms with Crippen molar-refractivity contribution in [2.24, 2.45) is 0 Å². The van der Waals surface area contributed by atoms with E-state index in [0.29, 0.717) is 24.7 Å². The number of fused-ring (bicyclic) bond motifs is 1. The first-order valence-corrected chi connectivity index (χ1v) is 9.25. The van der Waals surface area contributed by atoms with Gasteiger partial charge in [-0.15, -0.1) is 0 Å². The van der Waals surface area contributed by atoms with Crippen molar-refractivity contribution in [1.29, 1.82) is 0 Å². The summed E-state index contributed by atoms with van der Waals surface area (Å²) in [7, 11) is 1.66. The predicted molar refractivity (Wildman–Crippen MR) is 112 cm³/mol. The van der Waals surface area contributed by atoms with Crippen molar-refractivity contribution in [2.45, 2.75) is 6.54 Å². The van der Waals surface area contributed by atoms with Crippen LogP contribution in [0.15, 0.2) is 61.2 Å². The Balaban J connectivity index is 1.69. The van der Waals surface area contributed by atoms with Gasteiger partial charge in [-0.2, -0.15) is 0 Å². The number of nitrogens with zero attached hydrogens (tertiary/aromatic N) is 4. The Labute approximate surface area is 172 Å². The summed E-state index contributed by atoms with van der Waals surface area (Å²) in [6.45, 7) is 1.15. The van der Waals surface area contributed by atoms with E-state index in [2.05, 4.69) is 15.3 Å². The second kappa shape index (κ2) is 8.68. The van der Waals surface area contributed by atoms with Crippen molar-refractivity contribution in [3.8, 4) is 11.1 Å². The van der Waals surface area contributed by atoms with Crippen LogP contribution in [0.2, 0.25) is 0 Å². The Hall–Kier alpha value is -3.82. The number of anilines is 2. The molecule has 0 fully saturated rings. The molecule has 4 aromatic rings. The molecule has 0 aliphatic heterocycles. The standard InChI is InChI=1S/C21H20N6O3/c1-30-9-8-27-19-7-4-15(16-11-22-13-23-12-16)10-18(19)25-21(27)24-17-5-2-14(3-6-17)20(28)26-29/h2-7,10-13,29H,8-9H2,1H3,(H,24,25)(H,26,28). The zero-order valence-corrected chi connectivity index (χ0v) is 16.2. The molecule has 0 spiro atoms. The number of aromatic nitrogens is 4. The zero-order chi connectivity index (χ0) is 20.9. The molecule has 0 saturated heterocycles. The number of hydrogen-bond donors (Lipinski definition) is 3. The largest absolute Gasteiger partial charge is 0.383 e. The van der Waals surface area contributed by atoms with Crippen LogP contribution in [0.3, 0.4) is 0 Å². The molecule has 0 aliphatic carbocycles. The topological polar surface area (TPSA) is 114 Å². The summed E-state index contributed by atoms with van der Waals surface area (Å²) in [6, 6.07) is 12.7. The van der Waals surface area contributed by atoms with Crippen molar-refractivity contribution in [1.82, 2.24) is 25.0 Å². The number of hydrogen-bond acceptors (Lipinski definition) is 7. The Bertz CT molecular complexity index is 1160. The first kappa shape index (κ1) is 19.5. The smallest absolute Gasteiger partial charge is 0.274 e. The van der Waals surface area contributed by atoms with Crippen LogP contribution < -0.4 is 10.8 Å². The SMILES string of the molecule is COCCn1c(Nc2ccc(C(=O)NO)cc2)nc2cc(-c3cncnc3)ccc21. The molecular formula is C21H20N6O3. The van der Waals surface area contributed by atoms with Crippen molar-refractivity contribution in [3.63, 3.8) is 0 Å². The number of nitrogens with one attached hydrogen (secondary N) is 2. The third-order valence-corrected chi connectivity index (χ3v) is 4.67. The molecule has 2 aromatic heterocycles. The number of methoxy groups -OCH3 is 1. The fourth-order valence-electron chi connectivity index (χ4n) is 3.16. The van der Waals surface area contributed by atoms with E-state index < -0.39 is 5.91 Å². The van der Waals surface area contributed by atoms with E-state index in [-0.39, 0.29) is 0 Å². The Morgan fingerprint density at radius 1 is 1.10 bits per heavy atom. The van der Waals surface area contributed by atoms with E-state index in [1.54, 1.807) is 49.2 Å². The molecule has 2 heterocycles. The lowest BCUT2D eigenvalue weighted by Gasteiger charge is -2.11. The number of rotatable bonds is 7. The molecule has 4 rings (SSSR count). The number of benzene rings is 2. The second-order valence-electron chi connectivity index (χ2n) is 6.55. The van der Waals surface area contributed by atoms with Crippen molar-refractivity contribution in [2.75, 3.05) is 19.0 Å². The number of amides is 1. The zero-order valence-electron chi connectivity index (χ0n) is 16.2. The third-order valence-electron chi connectivity index (χ3n) is 4.67. The quantitative estimate of drug-likeness (QED) is 0.320. The van der Waals surface area contributed by atoms with E-state index >= 15 is 0 Å². The van der Waals surface area contributed by atoms with Crippen LogP contribution in [-0.4, -0.2) is 44.4 Å². The highest BCUT2D eigenvalue weighted by Gasteiger charge is 2.13. The molecule has 0 unspecified atom stereocenters. The van der Waals surface area contributed by atoms with Crippen LogP contribution in [0.1, 0.15) is 10.4 Å². The summed E-state index contributed by atoms with van der Waals surface area (Å²) in [4.78, 5) is 24.4. The van der Waals surface area contributed by atoms with Gasteiger partial charge in [0.2, 0.25) is 5.95 Å². The Morgan fingerprint density at radius 2 is 1.87 bits per heavy atom. The molecular weight excluding hydrogens is 384 g/mol. The first-order chi connectivity index (χ1) is 14.7. The lowest BCUT2D eigenvalue weighted by molar-refractivity contribution is 0.0706. The average molecular weight is 404 g/mol. The van der Waals surface area contributed by atoms with Crippen LogP contribution in [-0.2, 0) is 11.3 Å². The molecule has 1 amide bonds. The third kappa shape index (κ3) is 3.97. The Morgan fingerprint density at radius 3 is 2.57 bits per heavy atom. The normalized spacial score (nSPS) is 10.9. The Kier molecular flexibility index (Phi) is 5.64. The summed E-state index contributed by atoms with van der Waals surface area (Å²) >= 11 is 0. The fourth-order valence-corrected chi connectivity index (χ4v) is 3.16. The molecule has 3 N–H and O–H groups in total. The molecule has 0 saturated carbocycles. The summed E-state index contributed by atoms with van der Waals surface area (Å²) in [5, 5.41) is 12.0. The van der Waals surface area contributed by atoms with Gasteiger partial charge in [-0.3, -0.25) is 10.0 Å². The molecule has 0 aliphatic rings. The van der Waals surface area contributed by atoms with Gasteiger partial charge in [0.1, 0.15) is 6.33 Å². The number of imidazole rings is 1. The maximum atomic E-state index is 11.5. The van der Waals surface area contributed by atoms with Crippen LogP contribution in [0.25, 0.3) is 22.2 Å². The molecule has 0 radical (unpaired) electrons. The summed E-state index contributed by atoms with van der Waals surface area (Å²) in [5.74, 6) is 0.0918. The summed E-state index contributed by atoms with van der Waals surface area (Å²) in [5.41, 5.74) is 6.41. The van der Waals surface area contributed by atoms with Gasteiger partial charge >= 0.3 is 0 Å². The minimum atomic E-state index is -0.564. The highest BCUT2D eigenvalue weighted by molar-refractivity contribution is 5.93. The highest BCUT2D eigenvalue weighted by Crippen LogP contribution is 2.27. The minimum absolute atomic E-state index is 0.352. The minimum Gasteiger partial charge on any atom is -0.383 e. The van der Waals surface area contributed by atoms with Gasteiger partial charge in [0.15, 0.2) is 0 Å². The molecule has 0 bridgehead atoms. The van der Waals surface area contributed by atoms with Crippen molar-refractivity contribution >= 4 is 28.6 Å². The van der Waals surface area contributed by atoms with Crippen molar-refractivity contribution < 1.29 is 14.7 Å². The number of ether oxygens (including phenoxy) is 1. The number of hydroxylamine groups is 1. The maximum absolute atomic E-state index is 11.5. The summed E-state index contributed by atoms with van der Waals surface area (Å²) < 4.78 is 7.30. The lowest BCUT2D eigenvalue weighted by Crippen LogP contribution is -2.18. The van der Waals surface area contributed by atoms with Crippen LogP contribution in [0.5, 0.6) is 0 Å². The monoisotopic (exact) mass is 404 g/mol. The molecule has 30 heavy (non-hydrogen) atoms. The predicted octanol–water partition coefficient (Wildman–Crippen LogP) is 3.00. The van der Waals surface area contributed by atoms with Gasteiger partial charge in [0.05, 0.1) is 17.6 Å².